The Morgan fingerprint density at radius 1 is 0.950 bits per heavy atom. The van der Waals surface area contributed by atoms with Crippen molar-refractivity contribution in [1.82, 2.24) is 0 Å². The fourth-order valence-electron chi connectivity index (χ4n) is 2.33. The van der Waals surface area contributed by atoms with Crippen molar-refractivity contribution in [3.63, 3.8) is 0 Å². The van der Waals surface area contributed by atoms with Crippen LogP contribution in [0.15, 0.2) is 45.3 Å². The summed E-state index contributed by atoms with van der Waals surface area (Å²) in [5.41, 5.74) is 4.36. The van der Waals surface area contributed by atoms with E-state index in [2.05, 4.69) is 63.9 Å². The van der Waals surface area contributed by atoms with Crippen molar-refractivity contribution >= 4 is 31.9 Å². The van der Waals surface area contributed by atoms with Gasteiger partial charge in [-0.05, 0) is 47.2 Å². The highest BCUT2D eigenvalue weighted by Crippen LogP contribution is 2.33. The van der Waals surface area contributed by atoms with Crippen LogP contribution in [0.4, 0.5) is 0 Å². The van der Waals surface area contributed by atoms with Crippen LogP contribution < -0.4 is 0 Å². The van der Waals surface area contributed by atoms with Gasteiger partial charge in [-0.1, -0.05) is 70.0 Å². The summed E-state index contributed by atoms with van der Waals surface area (Å²) in [6.07, 6.45) is 1.30. The van der Waals surface area contributed by atoms with Gasteiger partial charge >= 0.3 is 0 Å². The molecule has 2 aromatic carbocycles. The summed E-state index contributed by atoms with van der Waals surface area (Å²) >= 11 is 6.98. The van der Waals surface area contributed by atoms with Crippen LogP contribution in [0.1, 0.15) is 42.2 Å². The molecule has 0 saturated carbocycles. The molecule has 0 aliphatic carbocycles. The first-order chi connectivity index (χ1) is 9.56. The van der Waals surface area contributed by atoms with Gasteiger partial charge in [0.05, 0.1) is 0 Å². The first-order valence-corrected chi connectivity index (χ1v) is 8.40. The molecular formula is C17H18Br2O. The lowest BCUT2D eigenvalue weighted by Crippen LogP contribution is -2.05. The van der Waals surface area contributed by atoms with E-state index in [0.717, 1.165) is 32.9 Å². The van der Waals surface area contributed by atoms with Gasteiger partial charge in [0.15, 0.2) is 0 Å². The predicted octanol–water partition coefficient (Wildman–Crippen LogP) is 5.42. The third-order valence-electron chi connectivity index (χ3n) is 3.55. The minimum Gasteiger partial charge on any atom is -0.384 e. The molecule has 1 atom stereocenters. The quantitative estimate of drug-likeness (QED) is 0.730. The summed E-state index contributed by atoms with van der Waals surface area (Å²) < 4.78 is 1.92. The largest absolute Gasteiger partial charge is 0.384 e. The highest BCUT2D eigenvalue weighted by molar-refractivity contribution is 9.11. The number of halogens is 2. The van der Waals surface area contributed by atoms with E-state index in [9.17, 15) is 5.11 Å². The second-order valence-electron chi connectivity index (χ2n) is 4.81. The Bertz CT molecular complexity index is 608. The Balaban J connectivity index is 2.48. The van der Waals surface area contributed by atoms with Crippen LogP contribution in [-0.2, 0) is 12.8 Å². The van der Waals surface area contributed by atoms with Gasteiger partial charge < -0.3 is 5.11 Å². The molecule has 0 spiro atoms. The molecule has 0 saturated heterocycles. The van der Waals surface area contributed by atoms with Crippen molar-refractivity contribution in [1.29, 1.82) is 0 Å². The molecule has 20 heavy (non-hydrogen) atoms. The molecule has 0 aliphatic rings. The Kier molecular flexibility index (Phi) is 5.42. The van der Waals surface area contributed by atoms with E-state index in [1.54, 1.807) is 0 Å². The monoisotopic (exact) mass is 396 g/mol. The van der Waals surface area contributed by atoms with Crippen molar-refractivity contribution in [3.05, 3.63) is 67.6 Å². The summed E-state index contributed by atoms with van der Waals surface area (Å²) in [5, 5.41) is 10.8. The lowest BCUT2D eigenvalue weighted by atomic mass is 9.93. The molecule has 1 N–H and O–H groups in total. The van der Waals surface area contributed by atoms with Gasteiger partial charge in [0.25, 0.3) is 0 Å². The lowest BCUT2D eigenvalue weighted by Gasteiger charge is -2.18. The molecule has 106 valence electrons. The predicted molar refractivity (Wildman–Crippen MR) is 91.1 cm³/mol. The summed E-state index contributed by atoms with van der Waals surface area (Å²) in [4.78, 5) is 0. The van der Waals surface area contributed by atoms with Crippen molar-refractivity contribution in [2.45, 2.75) is 32.8 Å². The van der Waals surface area contributed by atoms with E-state index < -0.39 is 6.10 Å². The molecule has 0 fully saturated rings. The second kappa shape index (κ2) is 6.88. The smallest absolute Gasteiger partial charge is 0.105 e. The number of rotatable bonds is 4. The van der Waals surface area contributed by atoms with E-state index in [1.807, 2.05) is 18.2 Å². The second-order valence-corrected chi connectivity index (χ2v) is 6.58. The third-order valence-corrected chi connectivity index (χ3v) is 4.73. The number of aliphatic hydroxyl groups is 1. The Morgan fingerprint density at radius 3 is 2.30 bits per heavy atom. The van der Waals surface area contributed by atoms with Crippen molar-refractivity contribution in [3.8, 4) is 0 Å². The molecular weight excluding hydrogens is 380 g/mol. The highest BCUT2D eigenvalue weighted by atomic mass is 79.9. The maximum atomic E-state index is 10.8. The van der Waals surface area contributed by atoms with Gasteiger partial charge in [-0.2, -0.15) is 0 Å². The highest BCUT2D eigenvalue weighted by Gasteiger charge is 2.17. The maximum Gasteiger partial charge on any atom is 0.105 e. The van der Waals surface area contributed by atoms with Crippen LogP contribution in [0.25, 0.3) is 0 Å². The van der Waals surface area contributed by atoms with Crippen molar-refractivity contribution < 1.29 is 5.11 Å². The minimum absolute atomic E-state index is 0.598. The van der Waals surface area contributed by atoms with Gasteiger partial charge in [-0.25, -0.2) is 0 Å². The lowest BCUT2D eigenvalue weighted by molar-refractivity contribution is 0.218. The Hall–Kier alpha value is -0.640. The average molecular weight is 398 g/mol. The number of hydrogen-bond acceptors (Lipinski definition) is 1. The molecule has 0 heterocycles. The van der Waals surface area contributed by atoms with Gasteiger partial charge in [0.2, 0.25) is 0 Å². The molecule has 1 nitrogen and oxygen atoms in total. The van der Waals surface area contributed by atoms with Gasteiger partial charge in [0.1, 0.15) is 6.10 Å². The van der Waals surface area contributed by atoms with E-state index >= 15 is 0 Å². The SMILES string of the molecule is CCc1ccc(CC)c(C(O)c2ccc(Br)cc2Br)c1. The van der Waals surface area contributed by atoms with Crippen LogP contribution in [0.2, 0.25) is 0 Å². The van der Waals surface area contributed by atoms with Crippen molar-refractivity contribution in [2.75, 3.05) is 0 Å². The van der Waals surface area contributed by atoms with Gasteiger partial charge in [-0.15, -0.1) is 0 Å². The fourth-order valence-corrected chi connectivity index (χ4v) is 3.60. The molecule has 0 amide bonds. The van der Waals surface area contributed by atoms with E-state index in [1.165, 1.54) is 11.1 Å². The minimum atomic E-state index is -0.598. The van der Waals surface area contributed by atoms with E-state index in [4.69, 9.17) is 0 Å². The van der Waals surface area contributed by atoms with Crippen LogP contribution in [-0.4, -0.2) is 5.11 Å². The molecule has 0 aliphatic heterocycles. The number of benzene rings is 2. The zero-order valence-corrected chi connectivity index (χ0v) is 14.8. The molecule has 0 bridgehead atoms. The first kappa shape index (κ1) is 15.7. The number of aliphatic hydroxyl groups excluding tert-OH is 1. The topological polar surface area (TPSA) is 20.2 Å². The average Bonchev–Trinajstić information content (AvgIpc) is 2.46. The Labute approximate surface area is 137 Å². The van der Waals surface area contributed by atoms with Crippen LogP contribution in [0.3, 0.4) is 0 Å². The van der Waals surface area contributed by atoms with Crippen LogP contribution >= 0.6 is 31.9 Å². The van der Waals surface area contributed by atoms with Gasteiger partial charge in [0, 0.05) is 8.95 Å². The maximum absolute atomic E-state index is 10.8. The number of aryl methyl sites for hydroxylation is 2. The van der Waals surface area contributed by atoms with E-state index in [0.29, 0.717) is 0 Å². The molecule has 0 aromatic heterocycles. The summed E-state index contributed by atoms with van der Waals surface area (Å²) in [5.74, 6) is 0. The van der Waals surface area contributed by atoms with Gasteiger partial charge in [-0.3, -0.25) is 0 Å². The normalized spacial score (nSPS) is 12.4. The summed E-state index contributed by atoms with van der Waals surface area (Å²) in [6, 6.07) is 12.3. The van der Waals surface area contributed by atoms with Crippen molar-refractivity contribution in [2.24, 2.45) is 0 Å². The van der Waals surface area contributed by atoms with Crippen LogP contribution in [0, 0.1) is 0 Å². The van der Waals surface area contributed by atoms with E-state index in [-0.39, 0.29) is 0 Å². The standard InChI is InChI=1S/C17H18Br2O/c1-3-11-5-6-12(4-2)15(9-11)17(20)14-8-7-13(18)10-16(14)19/h5-10,17,20H,3-4H2,1-2H3. The summed E-state index contributed by atoms with van der Waals surface area (Å²) in [6.45, 7) is 4.25. The molecule has 2 rings (SSSR count). The molecule has 1 unspecified atom stereocenters. The fraction of sp³-hybridized carbons (Fsp3) is 0.294. The molecule has 2 aromatic rings. The molecule has 3 heteroatoms. The first-order valence-electron chi connectivity index (χ1n) is 6.81. The zero-order valence-electron chi connectivity index (χ0n) is 11.7. The zero-order chi connectivity index (χ0) is 14.7. The van der Waals surface area contributed by atoms with Crippen LogP contribution in [0.5, 0.6) is 0 Å². The Morgan fingerprint density at radius 2 is 1.70 bits per heavy atom. The number of hydrogen-bond donors (Lipinski definition) is 1. The summed E-state index contributed by atoms with van der Waals surface area (Å²) in [7, 11) is 0. The molecule has 0 radical (unpaired) electrons. The third kappa shape index (κ3) is 3.33.